The molecule has 0 heterocycles. The smallest absolute Gasteiger partial charge is 0.261 e. The molecule has 0 aliphatic rings. The Bertz CT molecular complexity index is 206. The molecule has 0 bridgehead atoms. The molecule has 4 nitrogen and oxygen atoms in total. The fraction of sp³-hybridized carbons (Fsp3) is 1.00. The average Bonchev–Trinajstić information content (AvgIpc) is 2.29. The summed E-state index contributed by atoms with van der Waals surface area (Å²) in [6.07, 6.45) is -1.93. The molecule has 0 rings (SSSR count). The lowest BCUT2D eigenvalue weighted by Gasteiger charge is -2.18. The van der Waals surface area contributed by atoms with Crippen molar-refractivity contribution in [1.29, 1.82) is 0 Å². The summed E-state index contributed by atoms with van der Waals surface area (Å²) in [5, 5.41) is 12.6. The second kappa shape index (κ2) is 11.5. The number of alkyl halides is 2. The number of hydrogen-bond acceptors (Lipinski definition) is 4. The van der Waals surface area contributed by atoms with E-state index in [1.54, 1.807) is 0 Å². The van der Waals surface area contributed by atoms with Gasteiger partial charge in [0, 0.05) is 13.1 Å². The zero-order valence-electron chi connectivity index (χ0n) is 12.1. The van der Waals surface area contributed by atoms with E-state index in [0.29, 0.717) is 19.0 Å². The molecule has 0 spiro atoms. The van der Waals surface area contributed by atoms with Crippen LogP contribution >= 0.6 is 0 Å². The third-order valence-electron chi connectivity index (χ3n) is 2.42. The van der Waals surface area contributed by atoms with Gasteiger partial charge in [0.25, 0.3) is 6.43 Å². The van der Waals surface area contributed by atoms with Gasteiger partial charge in [-0.25, -0.2) is 8.78 Å². The molecule has 19 heavy (non-hydrogen) atoms. The van der Waals surface area contributed by atoms with Gasteiger partial charge in [-0.1, -0.05) is 13.8 Å². The second-order valence-corrected chi connectivity index (χ2v) is 5.10. The monoisotopic (exact) mass is 283 g/mol. The van der Waals surface area contributed by atoms with Crippen LogP contribution in [0.5, 0.6) is 0 Å². The number of rotatable bonds is 12. The molecule has 0 radical (unpaired) electrons. The SMILES string of the molecule is CC(C)CC(C)OCC(O)CNCCOCC(F)F. The Hall–Kier alpha value is -0.300. The zero-order chi connectivity index (χ0) is 14.7. The molecule has 0 aromatic carbocycles. The number of aliphatic hydroxyl groups excluding tert-OH is 1. The van der Waals surface area contributed by atoms with Crippen molar-refractivity contribution in [3.8, 4) is 0 Å². The van der Waals surface area contributed by atoms with Crippen molar-refractivity contribution in [2.45, 2.75) is 45.8 Å². The summed E-state index contributed by atoms with van der Waals surface area (Å²) >= 11 is 0. The van der Waals surface area contributed by atoms with Gasteiger partial charge in [-0.05, 0) is 19.3 Å². The second-order valence-electron chi connectivity index (χ2n) is 5.10. The van der Waals surface area contributed by atoms with Crippen molar-refractivity contribution >= 4 is 0 Å². The molecule has 116 valence electrons. The summed E-state index contributed by atoms with van der Waals surface area (Å²) in [5.74, 6) is 0.567. The maximum atomic E-state index is 11.7. The van der Waals surface area contributed by atoms with Crippen LogP contribution in [0.3, 0.4) is 0 Å². The van der Waals surface area contributed by atoms with E-state index in [2.05, 4.69) is 19.2 Å². The van der Waals surface area contributed by atoms with Crippen LogP contribution in [0.1, 0.15) is 27.2 Å². The highest BCUT2D eigenvalue weighted by molar-refractivity contribution is 4.61. The minimum absolute atomic E-state index is 0.129. The average molecular weight is 283 g/mol. The summed E-state index contributed by atoms with van der Waals surface area (Å²) in [5.41, 5.74) is 0. The number of hydrogen-bond donors (Lipinski definition) is 2. The van der Waals surface area contributed by atoms with Crippen molar-refractivity contribution in [3.05, 3.63) is 0 Å². The number of halogens is 2. The van der Waals surface area contributed by atoms with Crippen molar-refractivity contribution in [2.75, 3.05) is 32.9 Å². The molecule has 0 aliphatic heterocycles. The number of ether oxygens (including phenoxy) is 2. The maximum absolute atomic E-state index is 11.7. The van der Waals surface area contributed by atoms with E-state index in [4.69, 9.17) is 9.47 Å². The van der Waals surface area contributed by atoms with E-state index in [0.717, 1.165) is 6.42 Å². The summed E-state index contributed by atoms with van der Waals surface area (Å²) < 4.78 is 33.7. The first-order valence-corrected chi connectivity index (χ1v) is 6.78. The Balaban J connectivity index is 3.36. The lowest BCUT2D eigenvalue weighted by atomic mass is 10.1. The largest absolute Gasteiger partial charge is 0.389 e. The predicted octanol–water partition coefficient (Wildman–Crippen LogP) is 1.67. The molecule has 0 aliphatic carbocycles. The first-order valence-electron chi connectivity index (χ1n) is 6.78. The van der Waals surface area contributed by atoms with Crippen LogP contribution in [-0.2, 0) is 9.47 Å². The summed E-state index contributed by atoms with van der Waals surface area (Å²) in [6.45, 7) is 6.98. The third kappa shape index (κ3) is 13.9. The van der Waals surface area contributed by atoms with Gasteiger partial charge in [0.05, 0.1) is 25.4 Å². The van der Waals surface area contributed by atoms with E-state index in [-0.39, 0.29) is 19.3 Å². The lowest BCUT2D eigenvalue weighted by molar-refractivity contribution is -0.0102. The predicted molar refractivity (Wildman–Crippen MR) is 70.6 cm³/mol. The van der Waals surface area contributed by atoms with Crippen LogP contribution in [0.25, 0.3) is 0 Å². The summed E-state index contributed by atoms with van der Waals surface area (Å²) in [4.78, 5) is 0. The van der Waals surface area contributed by atoms with Crippen molar-refractivity contribution in [2.24, 2.45) is 5.92 Å². The van der Waals surface area contributed by atoms with Crippen molar-refractivity contribution in [3.63, 3.8) is 0 Å². The van der Waals surface area contributed by atoms with Crippen LogP contribution < -0.4 is 5.32 Å². The van der Waals surface area contributed by atoms with Gasteiger partial charge in [-0.3, -0.25) is 0 Å². The minimum atomic E-state index is -2.43. The Labute approximate surface area is 114 Å². The van der Waals surface area contributed by atoms with Crippen LogP contribution in [-0.4, -0.2) is 56.7 Å². The van der Waals surface area contributed by atoms with Crippen molar-refractivity contribution in [1.82, 2.24) is 5.32 Å². The lowest BCUT2D eigenvalue weighted by Crippen LogP contribution is -2.33. The Morgan fingerprint density at radius 3 is 2.42 bits per heavy atom. The van der Waals surface area contributed by atoms with Crippen molar-refractivity contribution < 1.29 is 23.4 Å². The molecule has 2 N–H and O–H groups in total. The van der Waals surface area contributed by atoms with Gasteiger partial charge in [-0.15, -0.1) is 0 Å². The van der Waals surface area contributed by atoms with Gasteiger partial charge in [-0.2, -0.15) is 0 Å². The molecular weight excluding hydrogens is 256 g/mol. The van der Waals surface area contributed by atoms with Gasteiger partial charge in [0.15, 0.2) is 0 Å². The van der Waals surface area contributed by atoms with Crippen LogP contribution in [0.4, 0.5) is 8.78 Å². The standard InChI is InChI=1S/C13H27F2NO3/c1-10(2)6-11(3)19-8-12(17)7-16-4-5-18-9-13(14)15/h10-13,16-17H,4-9H2,1-3H3. The highest BCUT2D eigenvalue weighted by atomic mass is 19.3. The Morgan fingerprint density at radius 2 is 1.84 bits per heavy atom. The quantitative estimate of drug-likeness (QED) is 0.535. The molecule has 0 aromatic heterocycles. The molecular formula is C13H27F2NO3. The van der Waals surface area contributed by atoms with E-state index >= 15 is 0 Å². The summed E-state index contributed by atoms with van der Waals surface area (Å²) in [7, 11) is 0. The minimum Gasteiger partial charge on any atom is -0.389 e. The first-order chi connectivity index (χ1) is 8.91. The van der Waals surface area contributed by atoms with Crippen LogP contribution in [0, 0.1) is 5.92 Å². The first kappa shape index (κ1) is 18.7. The van der Waals surface area contributed by atoms with E-state index < -0.39 is 19.1 Å². The molecule has 6 heteroatoms. The van der Waals surface area contributed by atoms with E-state index in [9.17, 15) is 13.9 Å². The van der Waals surface area contributed by atoms with Crippen LogP contribution in [0.15, 0.2) is 0 Å². The summed E-state index contributed by atoms with van der Waals surface area (Å²) in [6, 6.07) is 0. The van der Waals surface area contributed by atoms with Gasteiger partial charge in [0.1, 0.15) is 6.61 Å². The van der Waals surface area contributed by atoms with E-state index in [1.807, 2.05) is 6.92 Å². The normalized spacial score (nSPS) is 15.2. The molecule has 2 unspecified atom stereocenters. The maximum Gasteiger partial charge on any atom is 0.261 e. The number of nitrogens with one attached hydrogen (secondary N) is 1. The van der Waals surface area contributed by atoms with Gasteiger partial charge < -0.3 is 19.9 Å². The van der Waals surface area contributed by atoms with Crippen LogP contribution in [0.2, 0.25) is 0 Å². The molecule has 0 fully saturated rings. The fourth-order valence-corrected chi connectivity index (χ4v) is 1.65. The molecule has 2 atom stereocenters. The molecule has 0 saturated carbocycles. The fourth-order valence-electron chi connectivity index (χ4n) is 1.65. The molecule has 0 saturated heterocycles. The Kier molecular flexibility index (Phi) is 11.3. The molecule has 0 amide bonds. The van der Waals surface area contributed by atoms with Gasteiger partial charge in [0.2, 0.25) is 0 Å². The third-order valence-corrected chi connectivity index (χ3v) is 2.42. The highest BCUT2D eigenvalue weighted by Crippen LogP contribution is 2.07. The highest BCUT2D eigenvalue weighted by Gasteiger charge is 2.09. The number of aliphatic hydroxyl groups is 1. The van der Waals surface area contributed by atoms with Gasteiger partial charge >= 0.3 is 0 Å². The molecule has 0 aromatic rings. The topological polar surface area (TPSA) is 50.7 Å². The zero-order valence-corrected chi connectivity index (χ0v) is 12.1. The Morgan fingerprint density at radius 1 is 1.16 bits per heavy atom. The van der Waals surface area contributed by atoms with E-state index in [1.165, 1.54) is 0 Å².